The molecule has 26 heavy (non-hydrogen) atoms. The van der Waals surface area contributed by atoms with Crippen LogP contribution in [0.15, 0.2) is 48.2 Å². The number of alkyl halides is 3. The lowest BCUT2D eigenvalue weighted by Gasteiger charge is -2.11. The molecule has 0 aromatic heterocycles. The van der Waals surface area contributed by atoms with Crippen LogP contribution in [0, 0.1) is 30.0 Å². The summed E-state index contributed by atoms with van der Waals surface area (Å²) in [5, 5.41) is 11.8. The first-order valence-electron chi connectivity index (χ1n) is 7.37. The molecule has 134 valence electrons. The molecule has 0 amide bonds. The van der Waals surface area contributed by atoms with Crippen LogP contribution >= 0.6 is 0 Å². The van der Waals surface area contributed by atoms with Gasteiger partial charge in [0.2, 0.25) is 0 Å². The van der Waals surface area contributed by atoms with Gasteiger partial charge in [-0.3, -0.25) is 0 Å². The number of hydrogen-bond donors (Lipinski definition) is 1. The van der Waals surface area contributed by atoms with E-state index in [9.17, 15) is 17.6 Å². The molecule has 0 atom stereocenters. The van der Waals surface area contributed by atoms with Gasteiger partial charge in [-0.25, -0.2) is 4.39 Å². The van der Waals surface area contributed by atoms with E-state index in [0.29, 0.717) is 28.5 Å². The third-order valence-electron chi connectivity index (χ3n) is 3.59. The molecule has 2 aromatic carbocycles. The normalized spacial score (nSPS) is 11.5. The Morgan fingerprint density at radius 2 is 1.73 bits per heavy atom. The fourth-order valence-corrected chi connectivity index (χ4v) is 2.32. The number of benzene rings is 2. The van der Waals surface area contributed by atoms with Gasteiger partial charge < -0.3 is 5.32 Å². The minimum absolute atomic E-state index is 0.125. The number of nitriles is 1. The highest BCUT2D eigenvalue weighted by atomic mass is 19.4. The zero-order valence-electron chi connectivity index (χ0n) is 14.2. The Morgan fingerprint density at radius 3 is 2.27 bits per heavy atom. The van der Waals surface area contributed by atoms with Crippen molar-refractivity contribution >= 4 is 5.57 Å². The van der Waals surface area contributed by atoms with E-state index < -0.39 is 17.6 Å². The molecule has 2 nitrogen and oxygen atoms in total. The lowest BCUT2D eigenvalue weighted by Crippen LogP contribution is -2.06. The molecule has 0 aliphatic rings. The molecule has 0 unspecified atom stereocenters. The second kappa shape index (κ2) is 8.73. The third kappa shape index (κ3) is 4.87. The molecule has 0 heterocycles. The van der Waals surface area contributed by atoms with Crippen LogP contribution in [0.25, 0.3) is 16.7 Å². The van der Waals surface area contributed by atoms with Crippen molar-refractivity contribution in [1.82, 2.24) is 5.32 Å². The Morgan fingerprint density at radius 1 is 1.08 bits per heavy atom. The van der Waals surface area contributed by atoms with Crippen LogP contribution in [0.1, 0.15) is 18.1 Å². The number of halogens is 4. The quantitative estimate of drug-likeness (QED) is 0.462. The summed E-state index contributed by atoms with van der Waals surface area (Å²) in [5.41, 5.74) is 1.18. The summed E-state index contributed by atoms with van der Waals surface area (Å²) in [5.74, 6) is -0.953. The predicted molar refractivity (Wildman–Crippen MR) is 94.0 cm³/mol. The molecule has 0 saturated heterocycles. The van der Waals surface area contributed by atoms with Gasteiger partial charge in [-0.2, -0.15) is 18.4 Å². The largest absolute Gasteiger partial charge is 0.416 e. The van der Waals surface area contributed by atoms with Gasteiger partial charge in [-0.05, 0) is 53.5 Å². The molecular formula is C20H16F4N2. The third-order valence-corrected chi connectivity index (χ3v) is 3.59. The first-order chi connectivity index (χ1) is 12.3. The van der Waals surface area contributed by atoms with Crippen LogP contribution in [-0.2, 0) is 6.18 Å². The van der Waals surface area contributed by atoms with E-state index >= 15 is 0 Å². The first kappa shape index (κ1) is 20.8. The standard InChI is InChI=1S/C18H14F4N2.C2H2/c1-11(17(10-23)24-2)12-4-3-5-13(6-12)14-7-15(18(20,21)22)9-16(19)8-14;1-2/h3-9,24H,1-2H3;1-2H/b17-11+;. The maximum atomic E-state index is 13.6. The van der Waals surface area contributed by atoms with Crippen molar-refractivity contribution in [2.75, 3.05) is 7.05 Å². The smallest absolute Gasteiger partial charge is 0.379 e. The van der Waals surface area contributed by atoms with Gasteiger partial charge in [0.15, 0.2) is 0 Å². The SMILES string of the molecule is C#C.CN/C(C#N)=C(\C)c1cccc(-c2cc(F)cc(C(F)(F)F)c2)c1. The van der Waals surface area contributed by atoms with E-state index in [2.05, 4.69) is 18.2 Å². The van der Waals surface area contributed by atoms with E-state index in [-0.39, 0.29) is 5.56 Å². The van der Waals surface area contributed by atoms with Crippen molar-refractivity contribution in [3.05, 3.63) is 65.1 Å². The van der Waals surface area contributed by atoms with Crippen molar-refractivity contribution in [1.29, 1.82) is 5.26 Å². The van der Waals surface area contributed by atoms with Crippen molar-refractivity contribution in [2.45, 2.75) is 13.1 Å². The Balaban J connectivity index is 0.00000163. The van der Waals surface area contributed by atoms with Crippen LogP contribution in [0.5, 0.6) is 0 Å². The highest BCUT2D eigenvalue weighted by Crippen LogP contribution is 2.33. The number of nitrogens with zero attached hydrogens (tertiary/aromatic N) is 1. The first-order valence-corrected chi connectivity index (χ1v) is 7.37. The summed E-state index contributed by atoms with van der Waals surface area (Å²) in [4.78, 5) is 0. The highest BCUT2D eigenvalue weighted by molar-refractivity contribution is 5.75. The molecule has 0 radical (unpaired) electrons. The topological polar surface area (TPSA) is 35.8 Å². The van der Waals surface area contributed by atoms with E-state index in [0.717, 1.165) is 12.1 Å². The zero-order chi connectivity index (χ0) is 19.9. The molecule has 0 aliphatic heterocycles. The average molecular weight is 360 g/mol. The Hall–Kier alpha value is -3.25. The Kier molecular flexibility index (Phi) is 6.98. The van der Waals surface area contributed by atoms with E-state index in [1.54, 1.807) is 38.2 Å². The fraction of sp³-hybridized carbons (Fsp3) is 0.150. The number of allylic oxidation sites excluding steroid dienone is 2. The minimum atomic E-state index is -4.62. The lowest BCUT2D eigenvalue weighted by atomic mass is 9.97. The Labute approximate surface area is 149 Å². The predicted octanol–water partition coefficient (Wildman–Crippen LogP) is 5.23. The molecule has 1 N–H and O–H groups in total. The van der Waals surface area contributed by atoms with E-state index in [1.165, 1.54) is 0 Å². The summed E-state index contributed by atoms with van der Waals surface area (Å²) in [6.07, 6.45) is 3.38. The second-order valence-corrected chi connectivity index (χ2v) is 5.17. The molecule has 2 rings (SSSR count). The highest BCUT2D eigenvalue weighted by Gasteiger charge is 2.31. The van der Waals surface area contributed by atoms with Gasteiger partial charge in [0.05, 0.1) is 5.56 Å². The number of nitrogens with one attached hydrogen (secondary N) is 1. The summed E-state index contributed by atoms with van der Waals surface area (Å²) in [6, 6.07) is 11.0. The maximum absolute atomic E-state index is 13.6. The van der Waals surface area contributed by atoms with Crippen LogP contribution < -0.4 is 5.32 Å². The molecule has 0 aliphatic carbocycles. The van der Waals surface area contributed by atoms with Crippen LogP contribution in [0.4, 0.5) is 17.6 Å². The monoisotopic (exact) mass is 360 g/mol. The summed E-state index contributed by atoms with van der Waals surface area (Å²) in [7, 11) is 1.61. The van der Waals surface area contributed by atoms with Gasteiger partial charge in [-0.15, -0.1) is 12.8 Å². The van der Waals surface area contributed by atoms with Crippen LogP contribution in [0.2, 0.25) is 0 Å². The number of terminal acetylenes is 1. The average Bonchev–Trinajstić information content (AvgIpc) is 2.63. The van der Waals surface area contributed by atoms with E-state index in [4.69, 9.17) is 5.26 Å². The summed E-state index contributed by atoms with van der Waals surface area (Å²) >= 11 is 0. The van der Waals surface area contributed by atoms with Crippen molar-refractivity contribution in [2.24, 2.45) is 0 Å². The van der Waals surface area contributed by atoms with Gasteiger partial charge in [0.25, 0.3) is 0 Å². The van der Waals surface area contributed by atoms with Crippen molar-refractivity contribution in [3.63, 3.8) is 0 Å². The fourth-order valence-electron chi connectivity index (χ4n) is 2.32. The molecule has 2 aromatic rings. The van der Waals surface area contributed by atoms with Gasteiger partial charge in [0.1, 0.15) is 17.6 Å². The molecular weight excluding hydrogens is 344 g/mol. The van der Waals surface area contributed by atoms with Gasteiger partial charge in [0, 0.05) is 7.05 Å². The molecule has 0 bridgehead atoms. The Bertz CT molecular complexity index is 871. The molecule has 0 fully saturated rings. The van der Waals surface area contributed by atoms with Crippen LogP contribution in [-0.4, -0.2) is 7.05 Å². The van der Waals surface area contributed by atoms with Gasteiger partial charge in [-0.1, -0.05) is 18.2 Å². The van der Waals surface area contributed by atoms with E-state index in [1.807, 2.05) is 6.07 Å². The number of rotatable bonds is 3. The summed E-state index contributed by atoms with van der Waals surface area (Å²) in [6.45, 7) is 1.72. The van der Waals surface area contributed by atoms with Gasteiger partial charge >= 0.3 is 6.18 Å². The molecule has 6 heteroatoms. The molecule has 0 saturated carbocycles. The number of hydrogen-bond acceptors (Lipinski definition) is 2. The zero-order valence-corrected chi connectivity index (χ0v) is 14.2. The minimum Gasteiger partial charge on any atom is -0.379 e. The van der Waals surface area contributed by atoms with Crippen molar-refractivity contribution in [3.8, 4) is 30.0 Å². The van der Waals surface area contributed by atoms with Crippen molar-refractivity contribution < 1.29 is 17.6 Å². The molecule has 0 spiro atoms. The van der Waals surface area contributed by atoms with Crippen LogP contribution in [0.3, 0.4) is 0 Å². The maximum Gasteiger partial charge on any atom is 0.416 e. The second-order valence-electron chi connectivity index (χ2n) is 5.17. The lowest BCUT2D eigenvalue weighted by molar-refractivity contribution is -0.137. The summed E-state index contributed by atoms with van der Waals surface area (Å²) < 4.78 is 52.1.